The Hall–Kier alpha value is -3.73. The molecule has 3 atom stereocenters. The molecule has 0 unspecified atom stereocenters. The van der Waals surface area contributed by atoms with Crippen molar-refractivity contribution in [3.8, 4) is 11.5 Å². The number of fused-ring (bicyclic) bond motifs is 3. The fourth-order valence-electron chi connectivity index (χ4n) is 5.58. The molecule has 0 amide bonds. The van der Waals surface area contributed by atoms with Crippen LogP contribution in [0.1, 0.15) is 47.6 Å². The summed E-state index contributed by atoms with van der Waals surface area (Å²) in [6.07, 6.45) is 7.63. The lowest BCUT2D eigenvalue weighted by atomic mass is 9.77. The van der Waals surface area contributed by atoms with Gasteiger partial charge in [0.2, 0.25) is 0 Å². The van der Waals surface area contributed by atoms with E-state index in [0.29, 0.717) is 46.6 Å². The first-order valence-corrected chi connectivity index (χ1v) is 14.3. The maximum Gasteiger partial charge on any atom is 0.161 e. The molecular weight excluding hydrogens is 539 g/mol. The predicted octanol–water partition coefficient (Wildman–Crippen LogP) is 9.55. The van der Waals surface area contributed by atoms with Crippen LogP contribution in [0.5, 0.6) is 11.5 Å². The van der Waals surface area contributed by atoms with Crippen LogP contribution in [0.2, 0.25) is 10.0 Å². The molecule has 0 fully saturated rings. The van der Waals surface area contributed by atoms with Crippen LogP contribution < -0.4 is 14.8 Å². The lowest BCUT2D eigenvalue weighted by Gasteiger charge is -2.37. The van der Waals surface area contributed by atoms with E-state index in [9.17, 15) is 0 Å². The molecule has 0 saturated heterocycles. The van der Waals surface area contributed by atoms with Gasteiger partial charge in [0.25, 0.3) is 0 Å². The van der Waals surface area contributed by atoms with E-state index in [0.717, 1.165) is 23.2 Å². The monoisotopic (exact) mass is 568 g/mol. The first-order valence-electron chi connectivity index (χ1n) is 13.6. The van der Waals surface area contributed by atoms with Crippen molar-refractivity contribution < 1.29 is 9.47 Å². The molecule has 0 radical (unpaired) electrons. The predicted molar refractivity (Wildman–Crippen MR) is 165 cm³/mol. The van der Waals surface area contributed by atoms with Gasteiger partial charge in [-0.05, 0) is 84.5 Å². The average Bonchev–Trinajstić information content (AvgIpc) is 3.47. The van der Waals surface area contributed by atoms with E-state index in [-0.39, 0.29) is 6.04 Å². The number of rotatable bonds is 8. The van der Waals surface area contributed by atoms with Crippen molar-refractivity contribution in [2.24, 2.45) is 10.9 Å². The summed E-state index contributed by atoms with van der Waals surface area (Å²) < 4.78 is 11.9. The summed E-state index contributed by atoms with van der Waals surface area (Å²) in [6.45, 7) is 2.79. The fraction of sp³-hybridized carbons (Fsp3) is 0.206. The Bertz CT molecular complexity index is 1560. The zero-order valence-electron chi connectivity index (χ0n) is 22.2. The molecule has 40 heavy (non-hydrogen) atoms. The lowest BCUT2D eigenvalue weighted by Crippen LogP contribution is -2.28. The number of para-hydroxylation sites is 1. The van der Waals surface area contributed by atoms with Gasteiger partial charge in [-0.3, -0.25) is 4.99 Å². The van der Waals surface area contributed by atoms with Gasteiger partial charge >= 0.3 is 0 Å². The van der Waals surface area contributed by atoms with Gasteiger partial charge in [0, 0.05) is 33.4 Å². The molecule has 6 rings (SSSR count). The molecule has 1 aliphatic heterocycles. The normalized spacial score (nSPS) is 19.2. The number of nitrogens with one attached hydrogen (secondary N) is 1. The number of nitrogens with zero attached hydrogens (tertiary/aromatic N) is 1. The Morgan fingerprint density at radius 1 is 0.925 bits per heavy atom. The molecule has 4 aromatic carbocycles. The van der Waals surface area contributed by atoms with Crippen molar-refractivity contribution in [3.63, 3.8) is 0 Å². The first kappa shape index (κ1) is 26.5. The van der Waals surface area contributed by atoms with Crippen LogP contribution in [0.3, 0.4) is 0 Å². The molecule has 1 aliphatic carbocycles. The minimum absolute atomic E-state index is 0.275. The molecule has 6 heteroatoms. The summed E-state index contributed by atoms with van der Waals surface area (Å²) in [5.41, 5.74) is 6.60. The minimum atomic E-state index is 0.275. The molecule has 2 aliphatic rings. The smallest absolute Gasteiger partial charge is 0.161 e. The van der Waals surface area contributed by atoms with Crippen molar-refractivity contribution in [2.45, 2.75) is 31.9 Å². The van der Waals surface area contributed by atoms with Gasteiger partial charge in [0.15, 0.2) is 11.5 Å². The third kappa shape index (κ3) is 5.60. The summed E-state index contributed by atoms with van der Waals surface area (Å²) in [7, 11) is 0. The Balaban J connectivity index is 1.15. The van der Waals surface area contributed by atoms with E-state index in [1.165, 1.54) is 16.8 Å². The summed E-state index contributed by atoms with van der Waals surface area (Å²) in [6, 6.07) is 28.7. The van der Waals surface area contributed by atoms with Crippen LogP contribution in [0.15, 0.2) is 102 Å². The maximum atomic E-state index is 6.30. The lowest BCUT2D eigenvalue weighted by molar-refractivity contribution is 0.269. The van der Waals surface area contributed by atoms with Crippen molar-refractivity contribution in [1.29, 1.82) is 0 Å². The molecular formula is C34H30Cl2N2O2. The highest BCUT2D eigenvalue weighted by Gasteiger charge is 2.37. The standard InChI is InChI=1S/C34H30Cl2N2O2/c1-2-39-33-18-22(10-17-32(33)40-21-24-11-14-25(35)19-30(24)36)20-37-26-15-12-23(13-16-26)34-29-8-5-7-27(29)28-6-3-4-9-31(28)38-34/h3-7,9-20,27,29,34,38H,2,8,21H2,1H3/t27-,29+,34-/m0/s1. The number of hydrogen-bond donors (Lipinski definition) is 1. The summed E-state index contributed by atoms with van der Waals surface area (Å²) in [5.74, 6) is 2.30. The van der Waals surface area contributed by atoms with Crippen LogP contribution in [-0.4, -0.2) is 12.8 Å². The Morgan fingerprint density at radius 2 is 1.77 bits per heavy atom. The zero-order chi connectivity index (χ0) is 27.5. The van der Waals surface area contributed by atoms with Gasteiger partial charge in [-0.2, -0.15) is 0 Å². The van der Waals surface area contributed by atoms with Gasteiger partial charge in [0.05, 0.1) is 18.3 Å². The molecule has 0 saturated carbocycles. The quantitative estimate of drug-likeness (QED) is 0.170. The molecule has 1 N–H and O–H groups in total. The summed E-state index contributed by atoms with van der Waals surface area (Å²) in [4.78, 5) is 4.73. The van der Waals surface area contributed by atoms with Gasteiger partial charge in [-0.25, -0.2) is 0 Å². The summed E-state index contributed by atoms with van der Waals surface area (Å²) in [5, 5.41) is 4.96. The molecule has 4 nitrogen and oxygen atoms in total. The third-order valence-electron chi connectivity index (χ3n) is 7.55. The van der Waals surface area contributed by atoms with Crippen molar-refractivity contribution in [2.75, 3.05) is 11.9 Å². The van der Waals surface area contributed by atoms with Crippen LogP contribution in [0.25, 0.3) is 0 Å². The molecule has 4 aromatic rings. The van der Waals surface area contributed by atoms with Crippen molar-refractivity contribution in [1.82, 2.24) is 0 Å². The van der Waals surface area contributed by atoms with Crippen LogP contribution in [-0.2, 0) is 6.61 Å². The summed E-state index contributed by atoms with van der Waals surface area (Å²) >= 11 is 12.3. The number of aliphatic imine (C=N–C) groups is 1. The van der Waals surface area contributed by atoms with Crippen LogP contribution in [0, 0.1) is 5.92 Å². The Morgan fingerprint density at radius 3 is 2.60 bits per heavy atom. The van der Waals surface area contributed by atoms with E-state index in [2.05, 4.69) is 66.0 Å². The van der Waals surface area contributed by atoms with Gasteiger partial charge < -0.3 is 14.8 Å². The van der Waals surface area contributed by atoms with Gasteiger partial charge in [-0.1, -0.05) is 71.8 Å². The topological polar surface area (TPSA) is 42.8 Å². The van der Waals surface area contributed by atoms with E-state index < -0.39 is 0 Å². The average molecular weight is 570 g/mol. The molecule has 0 bridgehead atoms. The van der Waals surface area contributed by atoms with E-state index >= 15 is 0 Å². The Kier molecular flexibility index (Phi) is 7.81. The van der Waals surface area contributed by atoms with Gasteiger partial charge in [0.1, 0.15) is 6.61 Å². The van der Waals surface area contributed by atoms with E-state index in [1.54, 1.807) is 12.1 Å². The minimum Gasteiger partial charge on any atom is -0.490 e. The molecule has 1 heterocycles. The number of halogens is 2. The largest absolute Gasteiger partial charge is 0.490 e. The maximum absolute atomic E-state index is 6.30. The SMILES string of the molecule is CCOc1cc(C=Nc2ccc([C@@H]3Nc4ccccc4[C@@H]4C=CC[C@H]43)cc2)ccc1OCc1ccc(Cl)cc1Cl. The Labute approximate surface area is 245 Å². The van der Waals surface area contributed by atoms with Crippen LogP contribution in [0.4, 0.5) is 11.4 Å². The number of hydrogen-bond acceptors (Lipinski definition) is 4. The van der Waals surface area contributed by atoms with E-state index in [1.807, 2.05) is 37.4 Å². The second kappa shape index (κ2) is 11.8. The van der Waals surface area contributed by atoms with Crippen LogP contribution >= 0.6 is 23.2 Å². The third-order valence-corrected chi connectivity index (χ3v) is 8.14. The first-order chi connectivity index (χ1) is 19.6. The number of allylic oxidation sites excluding steroid dienone is 2. The van der Waals surface area contributed by atoms with Crippen molar-refractivity contribution >= 4 is 40.8 Å². The number of ether oxygens (including phenoxy) is 2. The highest BCUT2D eigenvalue weighted by molar-refractivity contribution is 6.35. The van der Waals surface area contributed by atoms with Gasteiger partial charge in [-0.15, -0.1) is 0 Å². The number of benzene rings is 4. The van der Waals surface area contributed by atoms with Crippen molar-refractivity contribution in [3.05, 3.63) is 129 Å². The molecule has 0 spiro atoms. The molecule has 0 aromatic heterocycles. The second-order valence-electron chi connectivity index (χ2n) is 10.1. The number of anilines is 1. The second-order valence-corrected chi connectivity index (χ2v) is 10.9. The fourth-order valence-corrected chi connectivity index (χ4v) is 6.04. The zero-order valence-corrected chi connectivity index (χ0v) is 23.7. The molecule has 202 valence electrons. The highest BCUT2D eigenvalue weighted by Crippen LogP contribution is 2.49. The van der Waals surface area contributed by atoms with E-state index in [4.69, 9.17) is 37.7 Å². The highest BCUT2D eigenvalue weighted by atomic mass is 35.5.